The van der Waals surface area contributed by atoms with Gasteiger partial charge in [-0.15, -0.1) is 0 Å². The van der Waals surface area contributed by atoms with E-state index in [1.165, 1.54) is 12.4 Å². The van der Waals surface area contributed by atoms with Crippen molar-refractivity contribution in [2.24, 2.45) is 0 Å². The van der Waals surface area contributed by atoms with E-state index in [1.54, 1.807) is 13.0 Å². The molecule has 1 aromatic rings. The largest absolute Gasteiger partial charge is 0.335 e. The Bertz CT molecular complexity index is 447. The van der Waals surface area contributed by atoms with Crippen LogP contribution in [0.15, 0.2) is 18.5 Å². The molecule has 0 N–H and O–H groups in total. The Morgan fingerprint density at radius 1 is 1.32 bits per heavy atom. The average molecular weight is 261 g/mol. The lowest BCUT2D eigenvalue weighted by atomic mass is 10.0. The number of carbonyl (C=O) groups excluding carboxylic acids is 2. The van der Waals surface area contributed by atoms with Gasteiger partial charge < -0.3 is 4.90 Å². The van der Waals surface area contributed by atoms with E-state index in [1.807, 2.05) is 4.90 Å². The Balaban J connectivity index is 2.17. The number of carbonyl (C=O) groups is 2. The van der Waals surface area contributed by atoms with Crippen molar-refractivity contribution in [1.82, 2.24) is 15.1 Å². The average Bonchev–Trinajstić information content (AvgIpc) is 2.64. The van der Waals surface area contributed by atoms with Gasteiger partial charge in [0.2, 0.25) is 0 Å². The summed E-state index contributed by atoms with van der Waals surface area (Å²) in [5, 5.41) is 7.43. The van der Waals surface area contributed by atoms with Crippen LogP contribution in [0.25, 0.3) is 0 Å². The summed E-state index contributed by atoms with van der Waals surface area (Å²) in [6, 6.07) is 1.70. The van der Waals surface area contributed by atoms with Gasteiger partial charge in [0, 0.05) is 19.0 Å². The summed E-state index contributed by atoms with van der Waals surface area (Å²) in [5.74, 6) is 0.0978. The number of nitrogens with zero attached hydrogens (tertiary/aromatic N) is 3. The molecule has 1 aliphatic rings. The van der Waals surface area contributed by atoms with Crippen molar-refractivity contribution in [1.29, 1.82) is 0 Å². The number of hydrogen-bond donors (Lipinski definition) is 0. The maximum absolute atomic E-state index is 12.5. The highest BCUT2D eigenvalue weighted by Gasteiger charge is 2.27. The van der Waals surface area contributed by atoms with Gasteiger partial charge in [-0.2, -0.15) is 10.2 Å². The zero-order valence-electron chi connectivity index (χ0n) is 11.2. The van der Waals surface area contributed by atoms with Gasteiger partial charge in [-0.05, 0) is 25.8 Å². The predicted molar refractivity (Wildman–Crippen MR) is 70.6 cm³/mol. The number of ketones is 1. The molecule has 1 atom stereocenters. The van der Waals surface area contributed by atoms with Gasteiger partial charge in [0.1, 0.15) is 5.78 Å². The number of amides is 1. The van der Waals surface area contributed by atoms with Crippen molar-refractivity contribution in [2.75, 3.05) is 6.54 Å². The van der Waals surface area contributed by atoms with E-state index in [-0.39, 0.29) is 17.7 Å². The van der Waals surface area contributed by atoms with Crippen LogP contribution in [-0.4, -0.2) is 39.4 Å². The van der Waals surface area contributed by atoms with Crippen molar-refractivity contribution >= 4 is 11.7 Å². The Kier molecular flexibility index (Phi) is 4.60. The summed E-state index contributed by atoms with van der Waals surface area (Å²) in [6.07, 6.45) is 7.55. The van der Waals surface area contributed by atoms with E-state index in [2.05, 4.69) is 10.2 Å². The smallest absolute Gasteiger partial charge is 0.255 e. The zero-order valence-corrected chi connectivity index (χ0v) is 11.2. The van der Waals surface area contributed by atoms with E-state index < -0.39 is 0 Å². The standard InChI is InChI=1S/C14H19N3O2/c1-11(18)9-13-5-3-2-4-8-17(13)14(19)12-6-7-15-16-10-12/h6-7,10,13H,2-5,8-9H2,1H3. The molecule has 19 heavy (non-hydrogen) atoms. The monoisotopic (exact) mass is 261 g/mol. The van der Waals surface area contributed by atoms with Crippen molar-refractivity contribution < 1.29 is 9.59 Å². The first-order valence-electron chi connectivity index (χ1n) is 6.75. The van der Waals surface area contributed by atoms with Crippen molar-refractivity contribution in [3.05, 3.63) is 24.0 Å². The highest BCUT2D eigenvalue weighted by atomic mass is 16.2. The number of hydrogen-bond acceptors (Lipinski definition) is 4. The van der Waals surface area contributed by atoms with Crippen LogP contribution in [0.1, 0.15) is 49.4 Å². The predicted octanol–water partition coefficient (Wildman–Crippen LogP) is 1.84. The highest BCUT2D eigenvalue weighted by molar-refractivity contribution is 5.94. The molecule has 5 heteroatoms. The van der Waals surface area contributed by atoms with Gasteiger partial charge in [-0.3, -0.25) is 9.59 Å². The van der Waals surface area contributed by atoms with Crippen LogP contribution in [-0.2, 0) is 4.79 Å². The second kappa shape index (κ2) is 6.41. The van der Waals surface area contributed by atoms with Gasteiger partial charge >= 0.3 is 0 Å². The molecule has 1 fully saturated rings. The fraction of sp³-hybridized carbons (Fsp3) is 0.571. The maximum Gasteiger partial charge on any atom is 0.255 e. The molecule has 0 aliphatic carbocycles. The molecule has 2 heterocycles. The molecule has 1 saturated heterocycles. The van der Waals surface area contributed by atoms with E-state index in [4.69, 9.17) is 0 Å². The number of aromatic nitrogens is 2. The fourth-order valence-electron chi connectivity index (χ4n) is 2.57. The van der Waals surface area contributed by atoms with Crippen LogP contribution in [0.3, 0.4) is 0 Å². The molecule has 102 valence electrons. The molecule has 1 unspecified atom stereocenters. The molecule has 1 aromatic heterocycles. The van der Waals surface area contributed by atoms with Gasteiger partial charge in [0.05, 0.1) is 18.0 Å². The van der Waals surface area contributed by atoms with Gasteiger partial charge in [-0.25, -0.2) is 0 Å². The second-order valence-corrected chi connectivity index (χ2v) is 5.04. The molecule has 1 aliphatic heterocycles. The van der Waals surface area contributed by atoms with Crippen LogP contribution in [0.4, 0.5) is 0 Å². The quantitative estimate of drug-likeness (QED) is 0.833. The number of likely N-dealkylation sites (tertiary alicyclic amines) is 1. The maximum atomic E-state index is 12.5. The SMILES string of the molecule is CC(=O)CC1CCCCCN1C(=O)c1ccnnc1. The van der Waals surface area contributed by atoms with Gasteiger partial charge in [-0.1, -0.05) is 12.8 Å². The Hall–Kier alpha value is -1.78. The van der Waals surface area contributed by atoms with E-state index in [0.29, 0.717) is 12.0 Å². The minimum Gasteiger partial charge on any atom is -0.335 e. The Morgan fingerprint density at radius 2 is 2.16 bits per heavy atom. The summed E-state index contributed by atoms with van der Waals surface area (Å²) >= 11 is 0. The van der Waals surface area contributed by atoms with Crippen molar-refractivity contribution in [2.45, 2.75) is 45.1 Å². The van der Waals surface area contributed by atoms with Crippen LogP contribution >= 0.6 is 0 Å². The third-order valence-electron chi connectivity index (χ3n) is 3.49. The van der Waals surface area contributed by atoms with Crippen LogP contribution in [0.5, 0.6) is 0 Å². The lowest BCUT2D eigenvalue weighted by Gasteiger charge is -2.29. The van der Waals surface area contributed by atoms with Crippen LogP contribution in [0, 0.1) is 0 Å². The van der Waals surface area contributed by atoms with E-state index in [9.17, 15) is 9.59 Å². The Morgan fingerprint density at radius 3 is 2.84 bits per heavy atom. The van der Waals surface area contributed by atoms with Gasteiger partial charge in [0.25, 0.3) is 5.91 Å². The summed E-state index contributed by atoms with van der Waals surface area (Å²) in [6.45, 7) is 2.31. The minimum absolute atomic E-state index is 0.0284. The lowest BCUT2D eigenvalue weighted by Crippen LogP contribution is -2.41. The van der Waals surface area contributed by atoms with Crippen LogP contribution < -0.4 is 0 Å². The molecule has 0 saturated carbocycles. The molecular weight excluding hydrogens is 242 g/mol. The summed E-state index contributed by atoms with van der Waals surface area (Å²) in [5.41, 5.74) is 0.547. The molecular formula is C14H19N3O2. The third kappa shape index (κ3) is 3.59. The topological polar surface area (TPSA) is 63.2 Å². The second-order valence-electron chi connectivity index (χ2n) is 5.04. The third-order valence-corrected chi connectivity index (χ3v) is 3.49. The van der Waals surface area contributed by atoms with E-state index in [0.717, 1.165) is 32.2 Å². The highest BCUT2D eigenvalue weighted by Crippen LogP contribution is 2.21. The lowest BCUT2D eigenvalue weighted by molar-refractivity contribution is -0.118. The van der Waals surface area contributed by atoms with Crippen molar-refractivity contribution in [3.63, 3.8) is 0 Å². The first-order chi connectivity index (χ1) is 9.18. The molecule has 2 rings (SSSR count). The number of Topliss-reactive ketones (excluding diaryl/α,β-unsaturated/α-hetero) is 1. The number of rotatable bonds is 3. The molecule has 0 radical (unpaired) electrons. The minimum atomic E-state index is -0.0388. The first kappa shape index (κ1) is 13.6. The summed E-state index contributed by atoms with van der Waals surface area (Å²) < 4.78 is 0. The molecule has 1 amide bonds. The normalized spacial score (nSPS) is 19.8. The molecule has 0 bridgehead atoms. The first-order valence-corrected chi connectivity index (χ1v) is 6.75. The van der Waals surface area contributed by atoms with Gasteiger partial charge in [0.15, 0.2) is 0 Å². The molecule has 0 spiro atoms. The summed E-state index contributed by atoms with van der Waals surface area (Å²) in [4.78, 5) is 25.7. The summed E-state index contributed by atoms with van der Waals surface area (Å²) in [7, 11) is 0. The Labute approximate surface area is 113 Å². The van der Waals surface area contributed by atoms with Crippen LogP contribution in [0.2, 0.25) is 0 Å². The fourth-order valence-corrected chi connectivity index (χ4v) is 2.57. The van der Waals surface area contributed by atoms with Crippen molar-refractivity contribution in [3.8, 4) is 0 Å². The van der Waals surface area contributed by atoms with E-state index >= 15 is 0 Å². The zero-order chi connectivity index (χ0) is 13.7. The molecule has 0 aromatic carbocycles. The molecule has 5 nitrogen and oxygen atoms in total.